The predicted molar refractivity (Wildman–Crippen MR) is 116 cm³/mol. The molecule has 1 heterocycles. The molecule has 156 valence electrons. The standard InChI is InChI=1S/C20H24ClN3O4S/c1-3-28-19-9-8-15(14-16(19)21)20(25)22-17-6-4-5-7-18(17)23-10-12-24(13-11-23)29(2,26)27/h4-9,14H,3,10-13H2,1-2H3,(H,22,25). The van der Waals surface area contributed by atoms with E-state index in [1.165, 1.54) is 10.6 Å². The summed E-state index contributed by atoms with van der Waals surface area (Å²) in [6.07, 6.45) is 1.22. The molecule has 0 spiro atoms. The normalized spacial score (nSPS) is 15.2. The van der Waals surface area contributed by atoms with E-state index >= 15 is 0 Å². The fraction of sp³-hybridized carbons (Fsp3) is 0.350. The minimum Gasteiger partial charge on any atom is -0.492 e. The maximum atomic E-state index is 12.7. The number of amides is 1. The largest absolute Gasteiger partial charge is 0.492 e. The van der Waals surface area contributed by atoms with Crippen molar-refractivity contribution in [1.82, 2.24) is 4.31 Å². The van der Waals surface area contributed by atoms with Gasteiger partial charge in [-0.05, 0) is 37.3 Å². The van der Waals surface area contributed by atoms with Crippen LogP contribution in [-0.2, 0) is 10.0 Å². The van der Waals surface area contributed by atoms with Crippen LogP contribution in [-0.4, -0.2) is 57.7 Å². The highest BCUT2D eigenvalue weighted by Gasteiger charge is 2.25. The van der Waals surface area contributed by atoms with E-state index in [0.29, 0.717) is 54.8 Å². The molecule has 9 heteroatoms. The van der Waals surface area contributed by atoms with E-state index < -0.39 is 10.0 Å². The second-order valence-electron chi connectivity index (χ2n) is 6.70. The molecule has 0 atom stereocenters. The van der Waals surface area contributed by atoms with Crippen LogP contribution in [0, 0.1) is 0 Å². The van der Waals surface area contributed by atoms with E-state index in [1.54, 1.807) is 18.2 Å². The summed E-state index contributed by atoms with van der Waals surface area (Å²) >= 11 is 6.19. The van der Waals surface area contributed by atoms with Gasteiger partial charge in [-0.25, -0.2) is 8.42 Å². The van der Waals surface area contributed by atoms with Gasteiger partial charge >= 0.3 is 0 Å². The zero-order chi connectivity index (χ0) is 21.0. The summed E-state index contributed by atoms with van der Waals surface area (Å²) in [6.45, 7) is 4.28. The Kier molecular flexibility index (Phi) is 6.66. The maximum Gasteiger partial charge on any atom is 0.255 e. The van der Waals surface area contributed by atoms with Gasteiger partial charge in [-0.2, -0.15) is 4.31 Å². The number of hydrogen-bond donors (Lipinski definition) is 1. The highest BCUT2D eigenvalue weighted by molar-refractivity contribution is 7.88. The summed E-state index contributed by atoms with van der Waals surface area (Å²) in [5.74, 6) is 0.257. The van der Waals surface area contributed by atoms with Gasteiger partial charge in [-0.1, -0.05) is 23.7 Å². The number of nitrogens with one attached hydrogen (secondary N) is 1. The monoisotopic (exact) mass is 437 g/mol. The number of anilines is 2. The van der Waals surface area contributed by atoms with Gasteiger partial charge in [0.15, 0.2) is 0 Å². The molecule has 1 aliphatic heterocycles. The third-order valence-electron chi connectivity index (χ3n) is 4.69. The molecule has 0 saturated carbocycles. The Bertz CT molecular complexity index is 989. The summed E-state index contributed by atoms with van der Waals surface area (Å²) in [4.78, 5) is 14.8. The van der Waals surface area contributed by atoms with E-state index in [0.717, 1.165) is 5.69 Å². The minimum absolute atomic E-state index is 0.280. The lowest BCUT2D eigenvalue weighted by molar-refractivity contribution is 0.102. The number of ether oxygens (including phenoxy) is 1. The van der Waals surface area contributed by atoms with Crippen LogP contribution in [0.4, 0.5) is 11.4 Å². The number of carbonyl (C=O) groups excluding carboxylic acids is 1. The van der Waals surface area contributed by atoms with Crippen LogP contribution >= 0.6 is 11.6 Å². The molecule has 3 rings (SSSR count). The van der Waals surface area contributed by atoms with Crippen molar-refractivity contribution in [3.8, 4) is 5.75 Å². The first-order valence-electron chi connectivity index (χ1n) is 9.32. The molecule has 1 fully saturated rings. The molecular formula is C20H24ClN3O4S. The lowest BCUT2D eigenvalue weighted by Gasteiger charge is -2.35. The zero-order valence-electron chi connectivity index (χ0n) is 16.4. The number of benzene rings is 2. The molecule has 1 saturated heterocycles. The molecule has 1 amide bonds. The van der Waals surface area contributed by atoms with E-state index in [1.807, 2.05) is 31.2 Å². The van der Waals surface area contributed by atoms with Crippen molar-refractivity contribution in [1.29, 1.82) is 0 Å². The first-order chi connectivity index (χ1) is 13.8. The van der Waals surface area contributed by atoms with Crippen molar-refractivity contribution in [2.45, 2.75) is 6.92 Å². The number of piperazine rings is 1. The van der Waals surface area contributed by atoms with E-state index in [-0.39, 0.29) is 5.91 Å². The summed E-state index contributed by atoms with van der Waals surface area (Å²) in [5.41, 5.74) is 1.94. The fourth-order valence-electron chi connectivity index (χ4n) is 3.22. The number of halogens is 1. The first-order valence-corrected chi connectivity index (χ1v) is 11.5. The summed E-state index contributed by atoms with van der Waals surface area (Å²) < 4.78 is 30.3. The molecular weight excluding hydrogens is 414 g/mol. The predicted octanol–water partition coefficient (Wildman–Crippen LogP) is 3.07. The Morgan fingerprint density at radius 2 is 1.83 bits per heavy atom. The second-order valence-corrected chi connectivity index (χ2v) is 9.09. The zero-order valence-corrected chi connectivity index (χ0v) is 18.0. The number of hydrogen-bond acceptors (Lipinski definition) is 5. The maximum absolute atomic E-state index is 12.7. The Morgan fingerprint density at radius 3 is 2.45 bits per heavy atom. The van der Waals surface area contributed by atoms with Crippen molar-refractivity contribution >= 4 is 38.9 Å². The molecule has 0 bridgehead atoms. The van der Waals surface area contributed by atoms with E-state index in [4.69, 9.17) is 16.3 Å². The number of nitrogens with zero attached hydrogens (tertiary/aromatic N) is 2. The quantitative estimate of drug-likeness (QED) is 0.751. The third kappa shape index (κ3) is 5.20. The van der Waals surface area contributed by atoms with Crippen molar-refractivity contribution in [2.75, 3.05) is 49.3 Å². The Hall–Kier alpha value is -2.29. The highest BCUT2D eigenvalue weighted by atomic mass is 35.5. The van der Waals surface area contributed by atoms with Crippen molar-refractivity contribution in [3.05, 3.63) is 53.1 Å². The fourth-order valence-corrected chi connectivity index (χ4v) is 4.29. The number of para-hydroxylation sites is 2. The van der Waals surface area contributed by atoms with Crippen LogP contribution < -0.4 is 15.0 Å². The molecule has 1 aliphatic rings. The number of sulfonamides is 1. The van der Waals surface area contributed by atoms with Gasteiger partial charge in [0.25, 0.3) is 5.91 Å². The molecule has 0 unspecified atom stereocenters. The molecule has 0 aromatic heterocycles. The molecule has 1 N–H and O–H groups in total. The summed E-state index contributed by atoms with van der Waals surface area (Å²) in [6, 6.07) is 12.4. The first kappa shape index (κ1) is 21.4. The van der Waals surface area contributed by atoms with Gasteiger partial charge in [0.1, 0.15) is 5.75 Å². The SMILES string of the molecule is CCOc1ccc(C(=O)Nc2ccccc2N2CCN(S(C)(=O)=O)CC2)cc1Cl. The topological polar surface area (TPSA) is 79.0 Å². The lowest BCUT2D eigenvalue weighted by atomic mass is 10.1. The molecule has 7 nitrogen and oxygen atoms in total. The smallest absolute Gasteiger partial charge is 0.255 e. The number of rotatable bonds is 6. The van der Waals surface area contributed by atoms with Gasteiger partial charge in [-0.15, -0.1) is 0 Å². The Morgan fingerprint density at radius 1 is 1.14 bits per heavy atom. The van der Waals surface area contributed by atoms with Gasteiger partial charge < -0.3 is 15.0 Å². The second kappa shape index (κ2) is 9.02. The van der Waals surface area contributed by atoms with E-state index in [2.05, 4.69) is 10.2 Å². The van der Waals surface area contributed by atoms with Gasteiger partial charge in [0.2, 0.25) is 10.0 Å². The van der Waals surface area contributed by atoms with Crippen LogP contribution in [0.1, 0.15) is 17.3 Å². The van der Waals surface area contributed by atoms with Crippen LogP contribution in [0.5, 0.6) is 5.75 Å². The Balaban J connectivity index is 1.74. The summed E-state index contributed by atoms with van der Waals surface area (Å²) in [5, 5.41) is 3.31. The molecule has 2 aromatic rings. The molecule has 2 aromatic carbocycles. The lowest BCUT2D eigenvalue weighted by Crippen LogP contribution is -2.48. The molecule has 0 aliphatic carbocycles. The van der Waals surface area contributed by atoms with Gasteiger partial charge in [-0.3, -0.25) is 4.79 Å². The highest BCUT2D eigenvalue weighted by Crippen LogP contribution is 2.29. The van der Waals surface area contributed by atoms with Crippen LogP contribution in [0.3, 0.4) is 0 Å². The Labute approximate surface area is 176 Å². The molecule has 0 radical (unpaired) electrons. The van der Waals surface area contributed by atoms with Crippen LogP contribution in [0.25, 0.3) is 0 Å². The van der Waals surface area contributed by atoms with Gasteiger partial charge in [0.05, 0.1) is 29.3 Å². The van der Waals surface area contributed by atoms with Crippen molar-refractivity contribution < 1.29 is 17.9 Å². The van der Waals surface area contributed by atoms with Crippen LogP contribution in [0.15, 0.2) is 42.5 Å². The van der Waals surface area contributed by atoms with E-state index in [9.17, 15) is 13.2 Å². The van der Waals surface area contributed by atoms with Gasteiger partial charge in [0, 0.05) is 31.7 Å². The van der Waals surface area contributed by atoms with Crippen LogP contribution in [0.2, 0.25) is 5.02 Å². The molecule has 29 heavy (non-hydrogen) atoms. The third-order valence-corrected chi connectivity index (χ3v) is 6.29. The average molecular weight is 438 g/mol. The average Bonchev–Trinajstić information content (AvgIpc) is 2.69. The van der Waals surface area contributed by atoms with Crippen molar-refractivity contribution in [3.63, 3.8) is 0 Å². The minimum atomic E-state index is -3.19. The van der Waals surface area contributed by atoms with Crippen molar-refractivity contribution in [2.24, 2.45) is 0 Å². The number of carbonyl (C=O) groups is 1. The summed E-state index contributed by atoms with van der Waals surface area (Å²) in [7, 11) is -3.19.